The predicted octanol–water partition coefficient (Wildman–Crippen LogP) is 5.55. The number of anilines is 2. The van der Waals surface area contributed by atoms with Gasteiger partial charge in [-0.05, 0) is 39.5 Å². The molecule has 1 aromatic heterocycles. The quantitative estimate of drug-likeness (QED) is 0.115. The second kappa shape index (κ2) is 16.7. The van der Waals surface area contributed by atoms with Gasteiger partial charge in [-0.2, -0.15) is 18.2 Å². The lowest BCUT2D eigenvalue weighted by molar-refractivity contribution is -0.115. The van der Waals surface area contributed by atoms with E-state index >= 15 is 0 Å². The summed E-state index contributed by atoms with van der Waals surface area (Å²) in [4.78, 5) is 12.1. The number of nitrogens with zero attached hydrogens (tertiary/aromatic N) is 3. The van der Waals surface area contributed by atoms with Gasteiger partial charge in [0.25, 0.3) is 0 Å². The Kier molecular flexibility index (Phi) is 15.3. The van der Waals surface area contributed by atoms with E-state index < -0.39 is 12.7 Å². The highest BCUT2D eigenvalue weighted by Gasteiger charge is 2.27. The van der Waals surface area contributed by atoms with Crippen LogP contribution in [0.3, 0.4) is 0 Å². The fourth-order valence-corrected chi connectivity index (χ4v) is 2.23. The Hall–Kier alpha value is -2.88. The Bertz CT molecular complexity index is 793. The number of hydrogen-bond donors (Lipinski definition) is 3. The van der Waals surface area contributed by atoms with E-state index in [1.54, 1.807) is 26.0 Å². The molecule has 0 aromatic carbocycles. The van der Waals surface area contributed by atoms with Crippen LogP contribution in [-0.4, -0.2) is 47.7 Å². The highest BCUT2D eigenvalue weighted by molar-refractivity contribution is 5.50. The molecule has 0 aliphatic carbocycles. The van der Waals surface area contributed by atoms with E-state index in [0.29, 0.717) is 47.9 Å². The number of allylic oxidation sites excluding steroid dienone is 4. The molecule has 1 aromatic rings. The number of aryl methyl sites for hydroxylation is 1. The van der Waals surface area contributed by atoms with Crippen molar-refractivity contribution in [1.29, 1.82) is 0 Å². The molecular formula is C23H36F3N5O2. The molecule has 3 N–H and O–H groups in total. The minimum Gasteiger partial charge on any atom is -0.487 e. The standard InChI is InChI=1S/C20H28F3N5O2.C3H8/c1-5-6-7-9-17(15(3)24-4)30-12-16-14(2)27-19(26-13-20(21,22)23)28-18(16)25-10-8-11-29;1-3-2/h5,7,9,29H,1,4,6,8,10-13H2,2-3H3,(H2,25,26,27,28);3H2,1-2H3/b9-7?,17-15-;. The molecular weight excluding hydrogens is 435 g/mol. The van der Waals surface area contributed by atoms with Crippen LogP contribution in [0.4, 0.5) is 24.9 Å². The molecule has 0 unspecified atom stereocenters. The summed E-state index contributed by atoms with van der Waals surface area (Å²) in [6.07, 6.45) is 3.29. The molecule has 10 heteroatoms. The van der Waals surface area contributed by atoms with Gasteiger partial charge >= 0.3 is 6.18 Å². The summed E-state index contributed by atoms with van der Waals surface area (Å²) < 4.78 is 43.4. The minimum atomic E-state index is -4.39. The molecule has 0 aliphatic heterocycles. The van der Waals surface area contributed by atoms with Gasteiger partial charge in [0.1, 0.15) is 24.7 Å². The number of aliphatic imine (C=N–C) groups is 1. The van der Waals surface area contributed by atoms with Crippen LogP contribution in [0.5, 0.6) is 0 Å². The molecule has 0 radical (unpaired) electrons. The molecule has 0 atom stereocenters. The van der Waals surface area contributed by atoms with Gasteiger partial charge in [-0.25, -0.2) is 4.98 Å². The third kappa shape index (κ3) is 13.3. The van der Waals surface area contributed by atoms with E-state index in [4.69, 9.17) is 9.84 Å². The minimum absolute atomic E-state index is 0.0345. The number of rotatable bonds is 13. The molecule has 1 rings (SSSR count). The lowest BCUT2D eigenvalue weighted by Crippen LogP contribution is -2.23. The SMILES string of the molecule is C=CCC=C/C(OCc1c(C)nc(NCC(F)(F)F)nc1NCCCO)=C(\C)N=C.CCC. The Labute approximate surface area is 194 Å². The first-order valence-corrected chi connectivity index (χ1v) is 10.7. The molecule has 0 fully saturated rings. The van der Waals surface area contributed by atoms with Gasteiger partial charge in [-0.1, -0.05) is 32.4 Å². The van der Waals surface area contributed by atoms with Crippen molar-refractivity contribution in [2.45, 2.75) is 59.7 Å². The molecule has 0 aliphatic rings. The maximum Gasteiger partial charge on any atom is 0.405 e. The summed E-state index contributed by atoms with van der Waals surface area (Å²) in [5.74, 6) is 0.678. The number of aliphatic hydroxyl groups excluding tert-OH is 1. The van der Waals surface area contributed by atoms with Crippen LogP contribution in [0.25, 0.3) is 0 Å². The van der Waals surface area contributed by atoms with Crippen molar-refractivity contribution in [2.24, 2.45) is 4.99 Å². The summed E-state index contributed by atoms with van der Waals surface area (Å²) in [5, 5.41) is 14.2. The van der Waals surface area contributed by atoms with E-state index in [-0.39, 0.29) is 19.2 Å². The second-order valence-electron chi connectivity index (χ2n) is 6.96. The topological polar surface area (TPSA) is 91.7 Å². The number of hydrogen-bond acceptors (Lipinski definition) is 7. The van der Waals surface area contributed by atoms with Crippen LogP contribution >= 0.6 is 0 Å². The number of alkyl halides is 3. The fraction of sp³-hybridized carbons (Fsp3) is 0.522. The first kappa shape index (κ1) is 30.1. The Balaban J connectivity index is 0.00000322. The lowest BCUT2D eigenvalue weighted by atomic mass is 10.2. The zero-order valence-electron chi connectivity index (χ0n) is 19.9. The average Bonchev–Trinajstić information content (AvgIpc) is 2.75. The van der Waals surface area contributed by atoms with Crippen molar-refractivity contribution in [3.05, 3.63) is 47.5 Å². The zero-order chi connectivity index (χ0) is 25.3. The number of aromatic nitrogens is 2. The van der Waals surface area contributed by atoms with Gasteiger partial charge in [-0.3, -0.25) is 4.99 Å². The summed E-state index contributed by atoms with van der Waals surface area (Å²) >= 11 is 0. The van der Waals surface area contributed by atoms with E-state index in [9.17, 15) is 13.2 Å². The molecule has 0 saturated heterocycles. The van der Waals surface area contributed by atoms with E-state index in [2.05, 4.69) is 52.7 Å². The fourth-order valence-electron chi connectivity index (χ4n) is 2.23. The molecule has 0 spiro atoms. The van der Waals surface area contributed by atoms with Crippen molar-refractivity contribution < 1.29 is 23.0 Å². The van der Waals surface area contributed by atoms with Crippen LogP contribution in [0, 0.1) is 6.92 Å². The Morgan fingerprint density at radius 3 is 2.45 bits per heavy atom. The van der Waals surface area contributed by atoms with Crippen molar-refractivity contribution in [3.63, 3.8) is 0 Å². The van der Waals surface area contributed by atoms with Crippen LogP contribution in [0.15, 0.2) is 41.3 Å². The average molecular weight is 472 g/mol. The Morgan fingerprint density at radius 2 is 1.91 bits per heavy atom. The highest BCUT2D eigenvalue weighted by atomic mass is 19.4. The van der Waals surface area contributed by atoms with Gasteiger partial charge < -0.3 is 20.5 Å². The van der Waals surface area contributed by atoms with Crippen LogP contribution < -0.4 is 10.6 Å². The van der Waals surface area contributed by atoms with Crippen LogP contribution in [-0.2, 0) is 11.3 Å². The molecule has 186 valence electrons. The molecule has 0 amide bonds. The monoisotopic (exact) mass is 471 g/mol. The maximum atomic E-state index is 12.5. The summed E-state index contributed by atoms with van der Waals surface area (Å²) in [7, 11) is 0. The first-order valence-electron chi connectivity index (χ1n) is 10.7. The largest absolute Gasteiger partial charge is 0.487 e. The summed E-state index contributed by atoms with van der Waals surface area (Å²) in [6.45, 7) is 14.0. The van der Waals surface area contributed by atoms with Crippen molar-refractivity contribution in [3.8, 4) is 0 Å². The lowest BCUT2D eigenvalue weighted by Gasteiger charge is -2.17. The highest BCUT2D eigenvalue weighted by Crippen LogP contribution is 2.23. The predicted molar refractivity (Wildman–Crippen MR) is 128 cm³/mol. The van der Waals surface area contributed by atoms with Gasteiger partial charge in [-0.15, -0.1) is 6.58 Å². The van der Waals surface area contributed by atoms with Gasteiger partial charge in [0.2, 0.25) is 5.95 Å². The molecule has 0 saturated carbocycles. The van der Waals surface area contributed by atoms with E-state index in [1.165, 1.54) is 6.42 Å². The number of ether oxygens (including phenoxy) is 1. The first-order chi connectivity index (χ1) is 15.6. The van der Waals surface area contributed by atoms with Gasteiger partial charge in [0.05, 0.1) is 17.0 Å². The second-order valence-corrected chi connectivity index (χ2v) is 6.96. The number of halogens is 3. The van der Waals surface area contributed by atoms with Crippen LogP contribution in [0.2, 0.25) is 0 Å². The smallest absolute Gasteiger partial charge is 0.405 e. The van der Waals surface area contributed by atoms with Crippen LogP contribution in [0.1, 0.15) is 51.3 Å². The van der Waals surface area contributed by atoms with E-state index in [1.807, 2.05) is 6.08 Å². The van der Waals surface area contributed by atoms with Gasteiger partial charge in [0, 0.05) is 13.2 Å². The zero-order valence-corrected chi connectivity index (χ0v) is 19.9. The number of nitrogens with one attached hydrogen (secondary N) is 2. The summed E-state index contributed by atoms with van der Waals surface area (Å²) in [5.41, 5.74) is 1.61. The molecule has 0 bridgehead atoms. The van der Waals surface area contributed by atoms with Gasteiger partial charge in [0.15, 0.2) is 0 Å². The van der Waals surface area contributed by atoms with Crippen molar-refractivity contribution >= 4 is 18.5 Å². The van der Waals surface area contributed by atoms with Crippen molar-refractivity contribution in [2.75, 3.05) is 30.3 Å². The summed E-state index contributed by atoms with van der Waals surface area (Å²) in [6, 6.07) is 0. The molecule has 1 heterocycles. The molecule has 33 heavy (non-hydrogen) atoms. The van der Waals surface area contributed by atoms with Crippen molar-refractivity contribution in [1.82, 2.24) is 9.97 Å². The normalized spacial score (nSPS) is 11.9. The van der Waals surface area contributed by atoms with E-state index in [0.717, 1.165) is 0 Å². The third-order valence-corrected chi connectivity index (χ3v) is 3.83. The molecule has 7 nitrogen and oxygen atoms in total. The number of aliphatic hydroxyl groups is 1. The Morgan fingerprint density at radius 1 is 1.24 bits per heavy atom. The third-order valence-electron chi connectivity index (χ3n) is 3.83. The maximum absolute atomic E-state index is 12.5.